The Kier molecular flexibility index (Phi) is 0.889. The van der Waals surface area contributed by atoms with E-state index in [1.807, 2.05) is 6.92 Å². The Morgan fingerprint density at radius 3 is 2.29 bits per heavy atom. The lowest BCUT2D eigenvalue weighted by Gasteiger charge is -2.33. The minimum absolute atomic E-state index is 0.0278. The smallest absolute Gasteiger partial charge is 0.128 e. The first-order valence-electron chi connectivity index (χ1n) is 2.44. The van der Waals surface area contributed by atoms with E-state index in [0.717, 1.165) is 19.4 Å². The molecule has 40 valence electrons. The minimum atomic E-state index is -0.0278. The van der Waals surface area contributed by atoms with Gasteiger partial charge in [-0.1, -0.05) is 6.92 Å². The SMILES string of the molecule is CC1(C=O)CNC1. The average Bonchev–Trinajstić information content (AvgIpc) is 1.61. The summed E-state index contributed by atoms with van der Waals surface area (Å²) in [5.74, 6) is 0. The topological polar surface area (TPSA) is 29.1 Å². The van der Waals surface area contributed by atoms with Gasteiger partial charge >= 0.3 is 0 Å². The van der Waals surface area contributed by atoms with Crippen molar-refractivity contribution in [2.24, 2.45) is 5.41 Å². The summed E-state index contributed by atoms with van der Waals surface area (Å²) in [6.07, 6.45) is 1.02. The van der Waals surface area contributed by atoms with Crippen LogP contribution in [0.25, 0.3) is 0 Å². The molecule has 1 saturated heterocycles. The molecule has 1 aliphatic heterocycles. The number of rotatable bonds is 1. The van der Waals surface area contributed by atoms with Gasteiger partial charge in [-0.25, -0.2) is 0 Å². The molecule has 2 nitrogen and oxygen atoms in total. The second-order valence-electron chi connectivity index (χ2n) is 2.38. The highest BCUT2D eigenvalue weighted by molar-refractivity contribution is 5.61. The van der Waals surface area contributed by atoms with Crippen LogP contribution < -0.4 is 5.32 Å². The number of aldehydes is 1. The third kappa shape index (κ3) is 0.657. The molecule has 0 aromatic heterocycles. The molecular weight excluding hydrogens is 90.1 g/mol. The van der Waals surface area contributed by atoms with Gasteiger partial charge in [0, 0.05) is 18.5 Å². The highest BCUT2D eigenvalue weighted by Gasteiger charge is 2.30. The monoisotopic (exact) mass is 99.1 g/mol. The third-order valence-corrected chi connectivity index (χ3v) is 1.34. The first kappa shape index (κ1) is 4.78. The standard InChI is InChI=1S/C5H9NO/c1-5(4-7)2-6-3-5/h4,6H,2-3H2,1H3. The summed E-state index contributed by atoms with van der Waals surface area (Å²) in [5, 5.41) is 3.02. The summed E-state index contributed by atoms with van der Waals surface area (Å²) < 4.78 is 0. The van der Waals surface area contributed by atoms with E-state index in [4.69, 9.17) is 0 Å². The molecule has 0 aliphatic carbocycles. The van der Waals surface area contributed by atoms with Crippen molar-refractivity contribution in [3.05, 3.63) is 0 Å². The summed E-state index contributed by atoms with van der Waals surface area (Å²) >= 11 is 0. The predicted molar refractivity (Wildman–Crippen MR) is 27.0 cm³/mol. The van der Waals surface area contributed by atoms with Crippen molar-refractivity contribution in [1.82, 2.24) is 5.32 Å². The molecule has 1 aliphatic rings. The van der Waals surface area contributed by atoms with E-state index in [1.165, 1.54) is 0 Å². The molecular formula is C5H9NO. The van der Waals surface area contributed by atoms with E-state index in [9.17, 15) is 4.79 Å². The fourth-order valence-corrected chi connectivity index (χ4v) is 0.603. The summed E-state index contributed by atoms with van der Waals surface area (Å²) in [4.78, 5) is 10.1. The van der Waals surface area contributed by atoms with Crippen LogP contribution in [0.1, 0.15) is 6.92 Å². The Bertz CT molecular complexity index is 86.1. The minimum Gasteiger partial charge on any atom is -0.315 e. The summed E-state index contributed by atoms with van der Waals surface area (Å²) in [5.41, 5.74) is -0.0278. The molecule has 1 N–H and O–H groups in total. The zero-order valence-electron chi connectivity index (χ0n) is 4.40. The zero-order chi connectivity index (χ0) is 5.33. The molecule has 1 fully saturated rings. The summed E-state index contributed by atoms with van der Waals surface area (Å²) in [6.45, 7) is 3.67. The van der Waals surface area contributed by atoms with Crippen molar-refractivity contribution in [3.8, 4) is 0 Å². The van der Waals surface area contributed by atoms with Gasteiger partial charge in [0.2, 0.25) is 0 Å². The zero-order valence-corrected chi connectivity index (χ0v) is 4.40. The largest absolute Gasteiger partial charge is 0.315 e. The van der Waals surface area contributed by atoms with Crippen LogP contribution in [0.5, 0.6) is 0 Å². The molecule has 0 aromatic rings. The second-order valence-corrected chi connectivity index (χ2v) is 2.38. The quantitative estimate of drug-likeness (QED) is 0.461. The van der Waals surface area contributed by atoms with Crippen LogP contribution >= 0.6 is 0 Å². The average molecular weight is 99.1 g/mol. The highest BCUT2D eigenvalue weighted by atomic mass is 16.1. The van der Waals surface area contributed by atoms with Crippen molar-refractivity contribution in [2.75, 3.05) is 13.1 Å². The molecule has 0 atom stereocenters. The number of hydrogen-bond acceptors (Lipinski definition) is 2. The van der Waals surface area contributed by atoms with E-state index in [0.29, 0.717) is 0 Å². The van der Waals surface area contributed by atoms with E-state index in [1.54, 1.807) is 0 Å². The van der Waals surface area contributed by atoms with E-state index in [2.05, 4.69) is 5.32 Å². The number of carbonyl (C=O) groups excluding carboxylic acids is 1. The van der Waals surface area contributed by atoms with Crippen LogP contribution in [0.4, 0.5) is 0 Å². The van der Waals surface area contributed by atoms with Crippen molar-refractivity contribution < 1.29 is 4.79 Å². The van der Waals surface area contributed by atoms with Gasteiger partial charge in [0.15, 0.2) is 0 Å². The van der Waals surface area contributed by atoms with Gasteiger partial charge < -0.3 is 10.1 Å². The maximum atomic E-state index is 10.1. The van der Waals surface area contributed by atoms with Gasteiger partial charge in [0.25, 0.3) is 0 Å². The Labute approximate surface area is 42.9 Å². The first-order chi connectivity index (χ1) is 3.27. The van der Waals surface area contributed by atoms with E-state index < -0.39 is 0 Å². The van der Waals surface area contributed by atoms with Gasteiger partial charge in [-0.15, -0.1) is 0 Å². The summed E-state index contributed by atoms with van der Waals surface area (Å²) in [6, 6.07) is 0. The van der Waals surface area contributed by atoms with Gasteiger partial charge in [0.05, 0.1) is 0 Å². The van der Waals surface area contributed by atoms with Crippen molar-refractivity contribution in [3.63, 3.8) is 0 Å². The van der Waals surface area contributed by atoms with Gasteiger partial charge in [-0.05, 0) is 0 Å². The Hall–Kier alpha value is -0.370. The highest BCUT2D eigenvalue weighted by Crippen LogP contribution is 2.16. The van der Waals surface area contributed by atoms with Crippen LogP contribution in [-0.4, -0.2) is 19.4 Å². The summed E-state index contributed by atoms with van der Waals surface area (Å²) in [7, 11) is 0. The lowest BCUT2D eigenvalue weighted by Crippen LogP contribution is -2.52. The second kappa shape index (κ2) is 1.30. The fourth-order valence-electron chi connectivity index (χ4n) is 0.603. The van der Waals surface area contributed by atoms with Crippen molar-refractivity contribution in [1.29, 1.82) is 0 Å². The maximum absolute atomic E-state index is 10.1. The van der Waals surface area contributed by atoms with Gasteiger partial charge in [-0.2, -0.15) is 0 Å². The predicted octanol–water partition coefficient (Wildman–Crippen LogP) is -0.205. The number of nitrogens with one attached hydrogen (secondary N) is 1. The molecule has 7 heavy (non-hydrogen) atoms. The molecule has 0 bridgehead atoms. The molecule has 2 heteroatoms. The van der Waals surface area contributed by atoms with Crippen molar-refractivity contribution >= 4 is 6.29 Å². The molecule has 0 spiro atoms. The van der Waals surface area contributed by atoms with Crippen LogP contribution in [-0.2, 0) is 4.79 Å². The van der Waals surface area contributed by atoms with E-state index >= 15 is 0 Å². The molecule has 0 aromatic carbocycles. The van der Waals surface area contributed by atoms with E-state index in [-0.39, 0.29) is 5.41 Å². The van der Waals surface area contributed by atoms with Crippen LogP contribution in [0.2, 0.25) is 0 Å². The fraction of sp³-hybridized carbons (Fsp3) is 0.800. The Balaban J connectivity index is 2.43. The molecule has 1 heterocycles. The third-order valence-electron chi connectivity index (χ3n) is 1.34. The number of carbonyl (C=O) groups is 1. The normalized spacial score (nSPS) is 25.9. The van der Waals surface area contributed by atoms with Gasteiger partial charge in [-0.3, -0.25) is 0 Å². The van der Waals surface area contributed by atoms with Crippen LogP contribution in [0, 0.1) is 5.41 Å². The lowest BCUT2D eigenvalue weighted by atomic mass is 9.86. The Morgan fingerprint density at radius 1 is 1.71 bits per heavy atom. The van der Waals surface area contributed by atoms with Crippen LogP contribution in [0.15, 0.2) is 0 Å². The molecule has 0 unspecified atom stereocenters. The number of hydrogen-bond donors (Lipinski definition) is 1. The lowest BCUT2D eigenvalue weighted by molar-refractivity contribution is -0.117. The van der Waals surface area contributed by atoms with Gasteiger partial charge in [0.1, 0.15) is 6.29 Å². The van der Waals surface area contributed by atoms with Crippen molar-refractivity contribution in [2.45, 2.75) is 6.92 Å². The van der Waals surface area contributed by atoms with Crippen LogP contribution in [0.3, 0.4) is 0 Å². The maximum Gasteiger partial charge on any atom is 0.128 e. The molecule has 0 amide bonds. The molecule has 0 radical (unpaired) electrons. The first-order valence-corrected chi connectivity index (χ1v) is 2.44. The molecule has 0 saturated carbocycles. The Morgan fingerprint density at radius 2 is 2.29 bits per heavy atom. The molecule has 1 rings (SSSR count).